The first kappa shape index (κ1) is 85.2. The van der Waals surface area contributed by atoms with E-state index in [2.05, 4.69) is 25.7 Å². The van der Waals surface area contributed by atoms with Crippen molar-refractivity contribution in [3.05, 3.63) is 198 Å². The minimum Gasteiger partial charge on any atom is -0.495 e. The first-order valence-electron chi connectivity index (χ1n) is 24.5. The Labute approximate surface area is 552 Å². The van der Waals surface area contributed by atoms with E-state index in [1.165, 1.54) is 38.9 Å². The zero-order chi connectivity index (χ0) is 65.3. The number of ketones is 3. The van der Waals surface area contributed by atoms with Crippen molar-refractivity contribution in [3.8, 4) is 11.5 Å². The summed E-state index contributed by atoms with van der Waals surface area (Å²) in [6.07, 6.45) is 0.250. The van der Waals surface area contributed by atoms with Crippen molar-refractivity contribution in [2.75, 3.05) is 58.1 Å². The van der Waals surface area contributed by atoms with Crippen LogP contribution in [0.25, 0.3) is 0 Å². The molecule has 0 unspecified atom stereocenters. The molecule has 6 aromatic rings. The number of hydrogen-bond acceptors (Lipinski definition) is 15. The number of benzene rings is 6. The van der Waals surface area contributed by atoms with Crippen LogP contribution in [0.5, 0.6) is 11.5 Å². The Morgan fingerprint density at radius 1 is 0.506 bits per heavy atom. The quantitative estimate of drug-likeness (QED) is 0.0206. The second-order valence-corrected chi connectivity index (χ2v) is 24.8. The Bertz CT molecular complexity index is 2770. The van der Waals surface area contributed by atoms with Gasteiger partial charge in [-0.3, -0.25) is 19.2 Å². The van der Waals surface area contributed by atoms with E-state index < -0.39 is 29.2 Å². The van der Waals surface area contributed by atoms with E-state index in [1.807, 2.05) is 30.3 Å². The number of methoxy groups -OCH3 is 2. The molecule has 0 amide bonds. The summed E-state index contributed by atoms with van der Waals surface area (Å²) in [5.74, 6) is -0.784. The largest absolute Gasteiger partial charge is 0.643 e. The van der Waals surface area contributed by atoms with Crippen molar-refractivity contribution in [3.63, 3.8) is 0 Å². The number of Topliss-reactive ketones (excluding diaryl/α,β-unsaturated/α-hetero) is 3. The van der Waals surface area contributed by atoms with Crippen LogP contribution in [0, 0.1) is 0 Å². The lowest BCUT2D eigenvalue weighted by molar-refractivity contribution is -0.191. The van der Waals surface area contributed by atoms with Crippen LogP contribution in [0.3, 0.4) is 0 Å². The number of hydrogen-bond donors (Lipinski definition) is 4. The molecule has 0 atom stereocenters. The molecule has 0 saturated heterocycles. The van der Waals surface area contributed by atoms with Crippen molar-refractivity contribution >= 4 is 169 Å². The van der Waals surface area contributed by atoms with Crippen LogP contribution in [0.2, 0.25) is 20.1 Å². The molecule has 0 aromatic heterocycles. The number of carbonyl (C=O) groups excluding carboxylic acids is 7. The minimum atomic E-state index is -1.72. The zero-order valence-corrected chi connectivity index (χ0v) is 56.0. The van der Waals surface area contributed by atoms with E-state index in [0.29, 0.717) is 38.0 Å². The van der Waals surface area contributed by atoms with Gasteiger partial charge in [0.1, 0.15) is 11.3 Å². The molecule has 0 bridgehead atoms. The highest BCUT2D eigenvalue weighted by atomic mass is 35.8. The smallest absolute Gasteiger partial charge is 0.495 e. The Morgan fingerprint density at radius 2 is 0.847 bits per heavy atom. The molecule has 0 spiro atoms. The number of esters is 1. The molecule has 27 heteroatoms. The van der Waals surface area contributed by atoms with Gasteiger partial charge in [0.15, 0.2) is 29.7 Å². The Kier molecular flexibility index (Phi) is 54.3. The fourth-order valence-electron chi connectivity index (χ4n) is 5.64. The minimum absolute atomic E-state index is 0.00152. The van der Waals surface area contributed by atoms with Crippen molar-refractivity contribution < 1.29 is 68.2 Å². The molecule has 0 heterocycles. The number of alkyl halides is 3. The standard InChI is InChI=1S/C17H14Cl2O5.2C9H9ClO2.C7H6Cl2O.C7H8O.C6H15N.C2H2Cl2O.CO2.Al.3ClH/c1-23-16-13(19)7-6-12(18)15(16)17(22)24-9-14(21)11-4-2-10(8-20)3-5-11;2*10-5-9(12)8-3-1-7(6-11)2-4-8;1-10-7-4-5(8)2-3-6(7)9;8-6-7-4-2-1-3-5-7;1-4-7(5-2)6-3;3-1-2(4)5;2-1-3;;;;/h2-7,20H,8-9H2,1H3;2*1-4,11H,5-6H2;2-4H,1H3;1-5,8H,6H2;4-6H2,1-3H3;1H2;;;3*1H/q;;;;;;;;+3;;;/p-3. The van der Waals surface area contributed by atoms with E-state index in [9.17, 15) is 24.0 Å². The SMILES string of the molecule is CCN(CC)CC.COc1c(Cl)ccc(Cl)c1C(=O)OCC(=O)c1ccc(CO)cc1.COc1cc(Cl)ccc1Cl.O=C(CCl)c1ccc(CO)cc1.O=C(CCl)c1ccc(CO)cc1.O=C(Cl)CCl.O=C=O.OCc1ccccc1.[Cl][Al]([Cl])[Cl]. The first-order valence-corrected chi connectivity index (χ1v) is 33.2. The Morgan fingerprint density at radius 3 is 1.13 bits per heavy atom. The molecule has 464 valence electrons. The maximum absolute atomic E-state index is 12.2. The molecule has 15 nitrogen and oxygen atoms in total. The van der Waals surface area contributed by atoms with Gasteiger partial charge >= 0.3 is 23.5 Å². The molecule has 6 aromatic carbocycles. The molecule has 4 N–H and O–H groups in total. The van der Waals surface area contributed by atoms with Crippen LogP contribution in [-0.2, 0) is 45.5 Å². The Balaban J connectivity index is -0.000000955. The van der Waals surface area contributed by atoms with Gasteiger partial charge in [-0.25, -0.2) is 34.9 Å². The summed E-state index contributed by atoms with van der Waals surface area (Å²) in [7, 11) is 17.7. The van der Waals surface area contributed by atoms with Crippen LogP contribution in [0.1, 0.15) is 84.5 Å². The van der Waals surface area contributed by atoms with E-state index in [1.54, 1.807) is 98.1 Å². The molecule has 0 radical (unpaired) electrons. The molecule has 0 fully saturated rings. The number of halogens is 11. The average Bonchev–Trinajstić information content (AvgIpc) is 3.62. The van der Waals surface area contributed by atoms with Gasteiger partial charge in [-0.1, -0.05) is 170 Å². The van der Waals surface area contributed by atoms with Gasteiger partial charge < -0.3 is 39.5 Å². The van der Waals surface area contributed by atoms with E-state index in [-0.39, 0.29) is 88.9 Å². The first-order chi connectivity index (χ1) is 40.5. The number of aliphatic hydroxyl groups excluding tert-OH is 4. The normalized spacial score (nSPS) is 9.38. The third-order valence-corrected chi connectivity index (χ3v) is 12.2. The number of aliphatic hydroxyl groups is 4. The van der Waals surface area contributed by atoms with E-state index in [4.69, 9.17) is 167 Å². The second kappa shape index (κ2) is 54.2. The van der Waals surface area contributed by atoms with Gasteiger partial charge in [-0.05, 0) is 77.8 Å². The predicted molar refractivity (Wildman–Crippen MR) is 344 cm³/mol. The summed E-state index contributed by atoms with van der Waals surface area (Å²) in [4.78, 5) is 74.4. The van der Waals surface area contributed by atoms with Gasteiger partial charge in [0.25, 0.3) is 0 Å². The molecular weight excluding hydrogens is 1350 g/mol. The highest BCUT2D eigenvalue weighted by Gasteiger charge is 2.22. The molecule has 6 rings (SSSR count). The Hall–Kier alpha value is -4.03. The van der Waals surface area contributed by atoms with E-state index >= 15 is 0 Å². The predicted octanol–water partition coefficient (Wildman–Crippen LogP) is 14.4. The fourth-order valence-corrected chi connectivity index (χ4v) is 6.77. The maximum Gasteiger partial charge on any atom is 0.643 e. The molecular formula is C58H63AlCl11NO14. The van der Waals surface area contributed by atoms with Crippen LogP contribution in [-0.4, -0.2) is 130 Å². The summed E-state index contributed by atoms with van der Waals surface area (Å²) in [5, 5.41) is 36.0. The second-order valence-electron chi connectivity index (χ2n) is 15.5. The third kappa shape index (κ3) is 40.9. The molecule has 0 saturated carbocycles. The highest BCUT2D eigenvalue weighted by molar-refractivity contribution is 7.54. The van der Waals surface area contributed by atoms with Crippen LogP contribution in [0.4, 0.5) is 0 Å². The van der Waals surface area contributed by atoms with E-state index in [0.717, 1.165) is 16.7 Å². The van der Waals surface area contributed by atoms with Crippen LogP contribution >= 0.6 is 123 Å². The average molecular weight is 1420 g/mol. The van der Waals surface area contributed by atoms with Crippen LogP contribution in [0.15, 0.2) is 133 Å². The maximum atomic E-state index is 12.2. The molecule has 85 heavy (non-hydrogen) atoms. The topological polar surface area (TPSA) is 231 Å². The van der Waals surface area contributed by atoms with Crippen molar-refractivity contribution in [2.45, 2.75) is 47.2 Å². The summed E-state index contributed by atoms with van der Waals surface area (Å²) < 4.78 is 15.0. The van der Waals surface area contributed by atoms with Gasteiger partial charge in [0.05, 0.1) is 73.4 Å². The van der Waals surface area contributed by atoms with Crippen molar-refractivity contribution in [1.82, 2.24) is 4.90 Å². The molecule has 0 aliphatic carbocycles. The number of nitrogens with zero attached hydrogens (tertiary/aromatic N) is 1. The summed E-state index contributed by atoms with van der Waals surface area (Å²) in [6.45, 7) is 9.69. The van der Waals surface area contributed by atoms with Gasteiger partial charge in [0.2, 0.25) is 5.24 Å². The van der Waals surface area contributed by atoms with Gasteiger partial charge in [-0.2, -0.15) is 9.59 Å². The third-order valence-electron chi connectivity index (χ3n) is 10.0. The summed E-state index contributed by atoms with van der Waals surface area (Å²) in [6, 6.07) is 37.4. The number of carbonyl (C=O) groups is 5. The fraction of sp³-hybridized carbons (Fsp3) is 0.276. The number of rotatable bonds is 18. The van der Waals surface area contributed by atoms with Crippen molar-refractivity contribution in [1.29, 1.82) is 0 Å². The molecule has 0 aliphatic rings. The summed E-state index contributed by atoms with van der Waals surface area (Å²) >= 11 is 41.9. The van der Waals surface area contributed by atoms with Crippen LogP contribution < -0.4 is 9.47 Å². The lowest BCUT2D eigenvalue weighted by atomic mass is 10.1. The monoisotopic (exact) mass is 1410 g/mol. The number of ether oxygens (including phenoxy) is 3. The van der Waals surface area contributed by atoms with Gasteiger partial charge in [-0.15, -0.1) is 34.8 Å². The molecule has 0 aliphatic heterocycles. The van der Waals surface area contributed by atoms with Gasteiger partial charge in [0, 0.05) is 27.8 Å². The lowest BCUT2D eigenvalue weighted by Crippen LogP contribution is -2.21. The summed E-state index contributed by atoms with van der Waals surface area (Å²) in [5.41, 5.74) is 4.73. The van der Waals surface area contributed by atoms with Crippen molar-refractivity contribution in [2.24, 2.45) is 0 Å². The lowest BCUT2D eigenvalue weighted by Gasteiger charge is -2.13. The highest BCUT2D eigenvalue weighted by Crippen LogP contribution is 2.34. The zero-order valence-electron chi connectivity index (χ0n) is 46.5.